The summed E-state index contributed by atoms with van der Waals surface area (Å²) in [6.45, 7) is 9.16. The van der Waals surface area contributed by atoms with Crippen LogP contribution in [-0.2, 0) is 104 Å². The Morgan fingerprint density at radius 1 is 0.232 bits per heavy atom. The van der Waals surface area contributed by atoms with Crippen LogP contribution in [0.5, 0.6) is 0 Å². The van der Waals surface area contributed by atoms with Gasteiger partial charge in [-0.05, 0) is 6.42 Å². The Hall–Kier alpha value is -0.880. The molecule has 0 aromatic carbocycles. The van der Waals surface area contributed by atoms with E-state index in [1.54, 1.807) is 114 Å². The molecule has 0 N–H and O–H groups in total. The normalized spacial score (nSPS) is 15.1. The molecule has 0 aliphatic rings. The first-order chi connectivity index (χ1) is 33.0. The summed E-state index contributed by atoms with van der Waals surface area (Å²) in [6, 6.07) is 0. The predicted molar refractivity (Wildman–Crippen MR) is 260 cm³/mol. The molecule has 0 radical (unpaired) electrons. The molecule has 0 aliphatic heterocycles. The molecule has 0 saturated heterocycles. The van der Waals surface area contributed by atoms with E-state index in [1.807, 2.05) is 0 Å². The Balaban J connectivity index is -0.000000591. The van der Waals surface area contributed by atoms with Crippen LogP contribution in [0.3, 0.4) is 0 Å². The molecule has 0 rings (SSSR count). The Bertz CT molecular complexity index is 921. The molecule has 22 heteroatoms. The topological polar surface area (TPSA) is 203 Å². The first-order valence-electron chi connectivity index (χ1n) is 22.6. The fraction of sp³-hybridized carbons (Fsp3) is 1.00. The molecular weight excluding hydrogens is 916 g/mol. The summed E-state index contributed by atoms with van der Waals surface area (Å²) in [7, 11) is 26.2. The van der Waals surface area contributed by atoms with E-state index in [0.717, 1.165) is 6.42 Å². The predicted octanol–water partition coefficient (Wildman–Crippen LogP) is 2.36. The molecule has 0 aromatic heterocycles. The van der Waals surface area contributed by atoms with Crippen molar-refractivity contribution in [2.75, 3.05) is 246 Å². The van der Waals surface area contributed by atoms with Gasteiger partial charge in [-0.15, -0.1) is 0 Å². The number of hydrogen-bond acceptors (Lipinski definition) is 22. The largest absolute Gasteiger partial charge is 0.385 e. The van der Waals surface area contributed by atoms with E-state index in [1.165, 1.54) is 0 Å². The fourth-order valence-electron chi connectivity index (χ4n) is 5.83. The highest BCUT2D eigenvalue weighted by Gasteiger charge is 2.30. The van der Waals surface area contributed by atoms with Gasteiger partial charge in [0.05, 0.1) is 137 Å². The van der Waals surface area contributed by atoms with Crippen molar-refractivity contribution in [2.45, 2.75) is 62.7 Å². The van der Waals surface area contributed by atoms with E-state index < -0.39 is 0 Å². The zero-order valence-electron chi connectivity index (χ0n) is 44.9. The maximum absolute atomic E-state index is 5.80. The van der Waals surface area contributed by atoms with Crippen LogP contribution in [0.15, 0.2) is 0 Å². The van der Waals surface area contributed by atoms with Gasteiger partial charge < -0.3 is 104 Å². The second kappa shape index (κ2) is 56.4. The number of ether oxygens (including phenoxy) is 22. The molecule has 422 valence electrons. The highest BCUT2D eigenvalue weighted by molar-refractivity contribution is 4.78. The quantitative estimate of drug-likeness (QED) is 0.0859. The summed E-state index contributed by atoms with van der Waals surface area (Å²) < 4.78 is 118. The van der Waals surface area contributed by atoms with Crippen molar-refractivity contribution < 1.29 is 104 Å². The summed E-state index contributed by atoms with van der Waals surface area (Å²) in [5.74, 6) is 0. The van der Waals surface area contributed by atoms with Gasteiger partial charge in [-0.1, -0.05) is 7.43 Å². The van der Waals surface area contributed by atoms with Gasteiger partial charge in [0.25, 0.3) is 0 Å². The summed E-state index contributed by atoms with van der Waals surface area (Å²) in [4.78, 5) is 0. The summed E-state index contributed by atoms with van der Waals surface area (Å²) in [5, 5.41) is 0. The lowest BCUT2D eigenvalue weighted by molar-refractivity contribution is -0.104. The lowest BCUT2D eigenvalue weighted by Gasteiger charge is -2.30. The second-order valence-electron chi connectivity index (χ2n) is 15.5. The molecule has 0 spiro atoms. The highest BCUT2D eigenvalue weighted by Crippen LogP contribution is 2.19. The smallest absolute Gasteiger partial charge is 0.104 e. The third kappa shape index (κ3) is 44.3. The minimum atomic E-state index is -0.244. The van der Waals surface area contributed by atoms with Crippen LogP contribution in [0.1, 0.15) is 13.8 Å². The SMILES string of the molecule is C.COCC(COC)(COC)COC.COCC(COCC(COC)OC)OC.COCCC(COCC(COCC(COCC(COCC(COCC(COC)OC)OC)OC)OC)OC)OC. The van der Waals surface area contributed by atoms with Gasteiger partial charge in [-0.25, -0.2) is 0 Å². The van der Waals surface area contributed by atoms with Crippen LogP contribution in [0.4, 0.5) is 0 Å². The average Bonchev–Trinajstić information content (AvgIpc) is 3.34. The van der Waals surface area contributed by atoms with E-state index in [9.17, 15) is 0 Å². The number of rotatable bonds is 49. The Labute approximate surface area is 417 Å². The molecule has 0 aliphatic carbocycles. The standard InChI is InChI=1S/C27H56O13.C10H22O5.C9H20O4.CH4/c1-28-10-9-22(30-3)12-36-14-24(32-5)16-38-18-26(34-7)20-40-21-27(35-8)19-39-17-25(33-6)15-37-13-23(31-4)11-29-2;1-11-5-9(13-3)7-15-8-10(14-4)6-12-2;1-10-5-9(6-11-2,7-12-3)8-13-4;/h22-27H,9-21H2,1-8H3;9-10H,5-8H2,1-4H3;5-8H2,1-4H3;1H4. The fourth-order valence-corrected chi connectivity index (χ4v) is 5.83. The van der Waals surface area contributed by atoms with Crippen molar-refractivity contribution >= 4 is 0 Å². The Kier molecular flexibility index (Phi) is 61.0. The van der Waals surface area contributed by atoms with Gasteiger partial charge in [0.15, 0.2) is 0 Å². The van der Waals surface area contributed by atoms with Gasteiger partial charge in [-0.2, -0.15) is 0 Å². The maximum atomic E-state index is 5.80. The van der Waals surface area contributed by atoms with Crippen LogP contribution in [0.25, 0.3) is 0 Å². The molecule has 0 aromatic rings. The molecule has 0 amide bonds. The van der Waals surface area contributed by atoms with Crippen LogP contribution < -0.4 is 0 Å². The molecule has 22 nitrogen and oxygen atoms in total. The molecule has 8 unspecified atom stereocenters. The van der Waals surface area contributed by atoms with Crippen LogP contribution in [0.2, 0.25) is 0 Å². The second-order valence-corrected chi connectivity index (χ2v) is 15.5. The van der Waals surface area contributed by atoms with Crippen LogP contribution in [0, 0.1) is 5.41 Å². The van der Waals surface area contributed by atoms with E-state index in [-0.39, 0.29) is 61.7 Å². The van der Waals surface area contributed by atoms with Crippen molar-refractivity contribution in [1.82, 2.24) is 0 Å². The first kappa shape index (κ1) is 74.6. The van der Waals surface area contributed by atoms with Crippen LogP contribution >= 0.6 is 0 Å². The van der Waals surface area contributed by atoms with Gasteiger partial charge in [-0.3, -0.25) is 0 Å². The summed E-state index contributed by atoms with van der Waals surface area (Å²) in [5.41, 5.74) is -0.188. The maximum Gasteiger partial charge on any atom is 0.104 e. The minimum absolute atomic E-state index is 0. The number of hydrogen-bond donors (Lipinski definition) is 0. The molecule has 0 heterocycles. The third-order valence-corrected chi connectivity index (χ3v) is 9.82. The average molecular weight is 1020 g/mol. The minimum Gasteiger partial charge on any atom is -0.385 e. The van der Waals surface area contributed by atoms with Crippen molar-refractivity contribution in [1.29, 1.82) is 0 Å². The highest BCUT2D eigenvalue weighted by atomic mass is 16.6. The molecule has 0 saturated carbocycles. The van der Waals surface area contributed by atoms with E-state index >= 15 is 0 Å². The van der Waals surface area contributed by atoms with E-state index in [4.69, 9.17) is 104 Å². The van der Waals surface area contributed by atoms with Gasteiger partial charge in [0.1, 0.15) is 42.7 Å². The van der Waals surface area contributed by atoms with Gasteiger partial charge in [0.2, 0.25) is 0 Å². The molecule has 69 heavy (non-hydrogen) atoms. The zero-order valence-corrected chi connectivity index (χ0v) is 44.9. The lowest BCUT2D eigenvalue weighted by atomic mass is 9.92. The van der Waals surface area contributed by atoms with Crippen molar-refractivity contribution in [3.63, 3.8) is 0 Å². The Morgan fingerprint density at radius 2 is 0.420 bits per heavy atom. The Morgan fingerprint density at radius 3 is 0.580 bits per heavy atom. The monoisotopic (exact) mass is 1020 g/mol. The number of methoxy groups -OCH3 is 16. The van der Waals surface area contributed by atoms with Crippen LogP contribution in [-0.4, -0.2) is 295 Å². The van der Waals surface area contributed by atoms with E-state index in [0.29, 0.717) is 132 Å². The van der Waals surface area contributed by atoms with Crippen molar-refractivity contribution in [2.24, 2.45) is 5.41 Å². The van der Waals surface area contributed by atoms with Crippen molar-refractivity contribution in [3.8, 4) is 0 Å². The van der Waals surface area contributed by atoms with Gasteiger partial charge >= 0.3 is 0 Å². The summed E-state index contributed by atoms with van der Waals surface area (Å²) >= 11 is 0. The molecular formula is C47H102O22. The molecule has 0 fully saturated rings. The molecule has 0 bridgehead atoms. The first-order valence-corrected chi connectivity index (χ1v) is 22.6. The van der Waals surface area contributed by atoms with E-state index in [2.05, 4.69) is 0 Å². The zero-order chi connectivity index (χ0) is 51.5. The lowest BCUT2D eigenvalue weighted by Crippen LogP contribution is -2.40. The molecule has 8 atom stereocenters. The summed E-state index contributed by atoms with van der Waals surface area (Å²) in [6.07, 6.45) is -0.357. The van der Waals surface area contributed by atoms with Crippen molar-refractivity contribution in [3.05, 3.63) is 0 Å². The third-order valence-electron chi connectivity index (χ3n) is 9.82. The van der Waals surface area contributed by atoms with Gasteiger partial charge in [0, 0.05) is 120 Å².